The van der Waals surface area contributed by atoms with Gasteiger partial charge in [0.1, 0.15) is 5.60 Å². The normalized spacial score (nSPS) is 21.9. The van der Waals surface area contributed by atoms with E-state index in [-0.39, 0.29) is 5.92 Å². The molecule has 82 valence electrons. The van der Waals surface area contributed by atoms with Gasteiger partial charge < -0.3 is 9.84 Å². The third-order valence-electron chi connectivity index (χ3n) is 3.17. The molecule has 0 saturated heterocycles. The average Bonchev–Trinajstić information content (AvgIpc) is 2.19. The highest BCUT2D eigenvalue weighted by Crippen LogP contribution is 2.33. The zero-order chi connectivity index (χ0) is 10.6. The largest absolute Gasteiger partial charge is 0.383 e. The van der Waals surface area contributed by atoms with Gasteiger partial charge in [0.15, 0.2) is 0 Å². The first-order valence-electron chi connectivity index (χ1n) is 5.52. The maximum absolute atomic E-state index is 10.5. The van der Waals surface area contributed by atoms with Crippen molar-refractivity contribution in [3.8, 4) is 0 Å². The number of aliphatic hydroxyl groups is 1. The van der Waals surface area contributed by atoms with Crippen molar-refractivity contribution in [2.75, 3.05) is 13.7 Å². The molecule has 1 atom stereocenters. The molecule has 1 aliphatic carbocycles. The van der Waals surface area contributed by atoms with Gasteiger partial charge in [0, 0.05) is 7.11 Å². The zero-order valence-corrected chi connectivity index (χ0v) is 9.55. The lowest BCUT2D eigenvalue weighted by Crippen LogP contribution is -2.42. The van der Waals surface area contributed by atoms with Crippen LogP contribution in [0.1, 0.15) is 39.5 Å². The van der Waals surface area contributed by atoms with Crippen LogP contribution in [0.4, 0.5) is 0 Å². The minimum absolute atomic E-state index is 0.215. The van der Waals surface area contributed by atoms with Crippen molar-refractivity contribution in [3.05, 3.63) is 11.6 Å². The second-order valence-corrected chi connectivity index (χ2v) is 4.49. The summed E-state index contributed by atoms with van der Waals surface area (Å²) in [5, 5.41) is 10.5. The van der Waals surface area contributed by atoms with E-state index in [1.807, 2.05) is 0 Å². The Morgan fingerprint density at radius 3 is 2.64 bits per heavy atom. The highest BCUT2D eigenvalue weighted by Gasteiger charge is 2.35. The van der Waals surface area contributed by atoms with Crippen molar-refractivity contribution < 1.29 is 9.84 Å². The predicted octanol–water partition coefficient (Wildman–Crippen LogP) is 2.52. The molecule has 1 aliphatic rings. The van der Waals surface area contributed by atoms with Gasteiger partial charge in [-0.25, -0.2) is 0 Å². The molecule has 0 heterocycles. The van der Waals surface area contributed by atoms with E-state index in [1.165, 1.54) is 18.4 Å². The standard InChI is InChI=1S/C12H22O2/c1-10(2)12(13,9-14-3)11-7-5-4-6-8-11/h7,10,13H,4-6,8-9H2,1-3H3. The van der Waals surface area contributed by atoms with Gasteiger partial charge in [0.25, 0.3) is 0 Å². The lowest BCUT2D eigenvalue weighted by Gasteiger charge is -2.35. The van der Waals surface area contributed by atoms with E-state index in [1.54, 1.807) is 7.11 Å². The van der Waals surface area contributed by atoms with Crippen LogP contribution in [-0.2, 0) is 4.74 Å². The van der Waals surface area contributed by atoms with Crippen molar-refractivity contribution in [1.29, 1.82) is 0 Å². The van der Waals surface area contributed by atoms with E-state index < -0.39 is 5.60 Å². The van der Waals surface area contributed by atoms with Gasteiger partial charge in [-0.3, -0.25) is 0 Å². The predicted molar refractivity (Wildman–Crippen MR) is 58.2 cm³/mol. The highest BCUT2D eigenvalue weighted by atomic mass is 16.5. The fraction of sp³-hybridized carbons (Fsp3) is 0.833. The Morgan fingerprint density at radius 2 is 2.21 bits per heavy atom. The van der Waals surface area contributed by atoms with Crippen LogP contribution in [0.15, 0.2) is 11.6 Å². The van der Waals surface area contributed by atoms with Gasteiger partial charge in [0.05, 0.1) is 6.61 Å². The molecule has 0 radical (unpaired) electrons. The third-order valence-corrected chi connectivity index (χ3v) is 3.17. The minimum Gasteiger partial charge on any atom is -0.383 e. The maximum Gasteiger partial charge on any atom is 0.111 e. The number of methoxy groups -OCH3 is 1. The Kier molecular flexibility index (Phi) is 4.14. The lowest BCUT2D eigenvalue weighted by atomic mass is 9.79. The molecule has 0 bridgehead atoms. The van der Waals surface area contributed by atoms with Gasteiger partial charge in [-0.2, -0.15) is 0 Å². The van der Waals surface area contributed by atoms with Crippen molar-refractivity contribution in [1.82, 2.24) is 0 Å². The van der Waals surface area contributed by atoms with Gasteiger partial charge >= 0.3 is 0 Å². The number of hydrogen-bond donors (Lipinski definition) is 1. The van der Waals surface area contributed by atoms with Crippen LogP contribution in [0.25, 0.3) is 0 Å². The zero-order valence-electron chi connectivity index (χ0n) is 9.55. The number of rotatable bonds is 4. The van der Waals surface area contributed by atoms with Gasteiger partial charge in [-0.05, 0) is 37.2 Å². The molecular formula is C12H22O2. The van der Waals surface area contributed by atoms with Crippen LogP contribution in [0.2, 0.25) is 0 Å². The van der Waals surface area contributed by atoms with Gasteiger partial charge in [0.2, 0.25) is 0 Å². The minimum atomic E-state index is -0.741. The summed E-state index contributed by atoms with van der Waals surface area (Å²) < 4.78 is 5.13. The Labute approximate surface area is 87.0 Å². The van der Waals surface area contributed by atoms with Crippen molar-refractivity contribution in [2.24, 2.45) is 5.92 Å². The van der Waals surface area contributed by atoms with E-state index in [0.717, 1.165) is 12.8 Å². The molecule has 0 saturated carbocycles. The van der Waals surface area contributed by atoms with Crippen molar-refractivity contribution in [3.63, 3.8) is 0 Å². The average molecular weight is 198 g/mol. The van der Waals surface area contributed by atoms with Crippen LogP contribution in [0.5, 0.6) is 0 Å². The van der Waals surface area contributed by atoms with Crippen LogP contribution in [-0.4, -0.2) is 24.4 Å². The molecule has 0 amide bonds. The van der Waals surface area contributed by atoms with Crippen molar-refractivity contribution in [2.45, 2.75) is 45.1 Å². The fourth-order valence-corrected chi connectivity index (χ4v) is 2.08. The van der Waals surface area contributed by atoms with Crippen LogP contribution in [0.3, 0.4) is 0 Å². The number of hydrogen-bond acceptors (Lipinski definition) is 2. The molecule has 14 heavy (non-hydrogen) atoms. The molecule has 0 aliphatic heterocycles. The molecule has 0 aromatic rings. The quantitative estimate of drug-likeness (QED) is 0.703. The molecule has 1 N–H and O–H groups in total. The maximum atomic E-state index is 10.5. The number of allylic oxidation sites excluding steroid dienone is 1. The topological polar surface area (TPSA) is 29.5 Å². The fourth-order valence-electron chi connectivity index (χ4n) is 2.08. The smallest absolute Gasteiger partial charge is 0.111 e. The molecule has 1 unspecified atom stereocenters. The summed E-state index contributed by atoms with van der Waals surface area (Å²) >= 11 is 0. The van der Waals surface area contributed by atoms with E-state index in [4.69, 9.17) is 4.74 Å². The molecule has 0 aromatic carbocycles. The second-order valence-electron chi connectivity index (χ2n) is 4.49. The third kappa shape index (κ3) is 2.37. The summed E-state index contributed by atoms with van der Waals surface area (Å²) in [7, 11) is 1.65. The molecule has 0 fully saturated rings. The molecule has 2 heteroatoms. The van der Waals surface area contributed by atoms with Gasteiger partial charge in [-0.1, -0.05) is 19.9 Å². The first-order valence-corrected chi connectivity index (χ1v) is 5.52. The molecule has 0 aromatic heterocycles. The summed E-state index contributed by atoms with van der Waals surface area (Å²) in [5.41, 5.74) is 0.440. The Balaban J connectivity index is 2.80. The lowest BCUT2D eigenvalue weighted by molar-refractivity contribution is -0.0385. The summed E-state index contributed by atoms with van der Waals surface area (Å²) in [6.45, 7) is 4.51. The van der Waals surface area contributed by atoms with E-state index in [2.05, 4.69) is 19.9 Å². The summed E-state index contributed by atoms with van der Waals surface area (Å²) in [6, 6.07) is 0. The highest BCUT2D eigenvalue weighted by molar-refractivity contribution is 5.20. The van der Waals surface area contributed by atoms with E-state index in [9.17, 15) is 5.11 Å². The monoisotopic (exact) mass is 198 g/mol. The first-order chi connectivity index (χ1) is 6.61. The summed E-state index contributed by atoms with van der Waals surface area (Å²) in [4.78, 5) is 0. The number of ether oxygens (including phenoxy) is 1. The van der Waals surface area contributed by atoms with Crippen LogP contribution >= 0.6 is 0 Å². The Morgan fingerprint density at radius 1 is 1.50 bits per heavy atom. The van der Waals surface area contributed by atoms with Gasteiger partial charge in [-0.15, -0.1) is 0 Å². The first kappa shape index (κ1) is 11.7. The SMILES string of the molecule is COCC(O)(C1=CCCCC1)C(C)C. The molecule has 1 rings (SSSR count). The van der Waals surface area contributed by atoms with Crippen LogP contribution < -0.4 is 0 Å². The Bertz CT molecular complexity index is 208. The van der Waals surface area contributed by atoms with E-state index >= 15 is 0 Å². The summed E-state index contributed by atoms with van der Waals surface area (Å²) in [6.07, 6.45) is 6.78. The molecule has 0 spiro atoms. The Hall–Kier alpha value is -0.340. The molecule has 2 nitrogen and oxygen atoms in total. The second kappa shape index (κ2) is 4.94. The summed E-state index contributed by atoms with van der Waals surface area (Å²) in [5.74, 6) is 0.215. The van der Waals surface area contributed by atoms with E-state index in [0.29, 0.717) is 6.61 Å². The van der Waals surface area contributed by atoms with Crippen LogP contribution in [0, 0.1) is 5.92 Å². The molecular weight excluding hydrogens is 176 g/mol. The van der Waals surface area contributed by atoms with Crippen molar-refractivity contribution >= 4 is 0 Å².